The molecule has 1 atom stereocenters. The molecule has 27 heavy (non-hydrogen) atoms. The van der Waals surface area contributed by atoms with Crippen molar-refractivity contribution in [3.05, 3.63) is 64.7 Å². The number of rotatable bonds is 2. The molecule has 8 heteroatoms. The minimum Gasteiger partial charge on any atom is -0.370 e. The third kappa shape index (κ3) is 3.68. The molecule has 140 valence electrons. The van der Waals surface area contributed by atoms with Crippen LogP contribution in [0.25, 0.3) is 10.2 Å². The van der Waals surface area contributed by atoms with Crippen molar-refractivity contribution < 1.29 is 22.7 Å². The van der Waals surface area contributed by atoms with Crippen LogP contribution in [0, 0.1) is 0 Å². The zero-order valence-corrected chi connectivity index (χ0v) is 14.9. The molecule has 2 heterocycles. The number of ether oxygens (including phenoxy) is 1. The Morgan fingerprint density at radius 3 is 2.70 bits per heavy atom. The summed E-state index contributed by atoms with van der Waals surface area (Å²) in [5.41, 5.74) is 1.59. The van der Waals surface area contributed by atoms with Crippen LogP contribution < -0.4 is 0 Å². The van der Waals surface area contributed by atoms with E-state index in [-0.39, 0.29) is 17.5 Å². The van der Waals surface area contributed by atoms with Crippen LogP contribution in [-0.4, -0.2) is 35.5 Å². The standard InChI is InChI=1S/C19H15F3N2O2S/c20-19(21,22)18-23-14-7-6-13(10-16(14)27-18)17(25)24-8-9-26-15(11-24)12-4-2-1-3-5-12/h1-7,10,15H,8-9,11H2. The molecule has 3 aromatic rings. The molecule has 1 unspecified atom stereocenters. The molecule has 4 rings (SSSR count). The van der Waals surface area contributed by atoms with E-state index in [0.717, 1.165) is 5.56 Å². The SMILES string of the molecule is O=C(c1ccc2nc(C(F)(F)F)sc2c1)N1CCOC(c2ccccc2)C1. The molecule has 1 aromatic heterocycles. The van der Waals surface area contributed by atoms with E-state index in [1.807, 2.05) is 30.3 Å². The molecule has 1 saturated heterocycles. The number of halogens is 3. The predicted molar refractivity (Wildman–Crippen MR) is 95.7 cm³/mol. The van der Waals surface area contributed by atoms with Gasteiger partial charge in [0.2, 0.25) is 0 Å². The maximum atomic E-state index is 12.9. The van der Waals surface area contributed by atoms with Crippen LogP contribution in [0.2, 0.25) is 0 Å². The molecular formula is C19H15F3N2O2S. The summed E-state index contributed by atoms with van der Waals surface area (Å²) in [5, 5.41) is -0.905. The molecule has 0 radical (unpaired) electrons. The van der Waals surface area contributed by atoms with Crippen molar-refractivity contribution in [3.8, 4) is 0 Å². The molecule has 0 N–H and O–H groups in total. The smallest absolute Gasteiger partial charge is 0.370 e. The number of thiazole rings is 1. The number of nitrogens with zero attached hydrogens (tertiary/aromatic N) is 2. The number of amides is 1. The molecular weight excluding hydrogens is 377 g/mol. The first-order chi connectivity index (χ1) is 12.9. The number of carbonyl (C=O) groups is 1. The second-order valence-corrected chi connectivity index (χ2v) is 7.25. The fourth-order valence-corrected chi connectivity index (χ4v) is 3.94. The monoisotopic (exact) mass is 392 g/mol. The Hall–Kier alpha value is -2.45. The molecule has 1 aliphatic rings. The van der Waals surface area contributed by atoms with E-state index in [1.54, 1.807) is 4.90 Å². The van der Waals surface area contributed by atoms with Gasteiger partial charge in [0.15, 0.2) is 5.01 Å². The second kappa shape index (κ2) is 6.94. The maximum absolute atomic E-state index is 12.9. The molecule has 0 saturated carbocycles. The van der Waals surface area contributed by atoms with Crippen molar-refractivity contribution >= 4 is 27.5 Å². The highest BCUT2D eigenvalue weighted by Gasteiger charge is 2.35. The zero-order valence-electron chi connectivity index (χ0n) is 14.1. The lowest BCUT2D eigenvalue weighted by atomic mass is 10.1. The van der Waals surface area contributed by atoms with Crippen molar-refractivity contribution in [3.63, 3.8) is 0 Å². The van der Waals surface area contributed by atoms with E-state index in [2.05, 4.69) is 4.98 Å². The van der Waals surface area contributed by atoms with E-state index in [9.17, 15) is 18.0 Å². The number of fused-ring (bicyclic) bond motifs is 1. The minimum absolute atomic E-state index is 0.215. The van der Waals surface area contributed by atoms with Crippen molar-refractivity contribution in [2.24, 2.45) is 0 Å². The van der Waals surface area contributed by atoms with Crippen LogP contribution in [0.3, 0.4) is 0 Å². The number of hydrogen-bond donors (Lipinski definition) is 0. The number of aromatic nitrogens is 1. The third-order valence-corrected chi connectivity index (χ3v) is 5.47. The molecule has 1 aliphatic heterocycles. The summed E-state index contributed by atoms with van der Waals surface area (Å²) in [6.07, 6.45) is -4.70. The van der Waals surface area contributed by atoms with Gasteiger partial charge in [-0.2, -0.15) is 13.2 Å². The third-order valence-electron chi connectivity index (χ3n) is 4.40. The van der Waals surface area contributed by atoms with Gasteiger partial charge in [-0.25, -0.2) is 4.98 Å². The van der Waals surface area contributed by atoms with Gasteiger partial charge < -0.3 is 9.64 Å². The Morgan fingerprint density at radius 1 is 1.19 bits per heavy atom. The molecule has 4 nitrogen and oxygen atoms in total. The first-order valence-corrected chi connectivity index (χ1v) is 9.17. The Bertz CT molecular complexity index is 972. The highest BCUT2D eigenvalue weighted by Crippen LogP contribution is 2.35. The van der Waals surface area contributed by atoms with Gasteiger partial charge in [0.1, 0.15) is 6.10 Å². The van der Waals surface area contributed by atoms with Gasteiger partial charge in [-0.05, 0) is 23.8 Å². The molecule has 1 amide bonds. The average molecular weight is 392 g/mol. The van der Waals surface area contributed by atoms with Crippen molar-refractivity contribution in [2.75, 3.05) is 19.7 Å². The zero-order chi connectivity index (χ0) is 19.0. The Balaban J connectivity index is 1.56. The molecule has 0 bridgehead atoms. The topological polar surface area (TPSA) is 42.4 Å². The summed E-state index contributed by atoms with van der Waals surface area (Å²) in [7, 11) is 0. The summed E-state index contributed by atoms with van der Waals surface area (Å²) >= 11 is 0.548. The van der Waals surface area contributed by atoms with Crippen molar-refractivity contribution in [1.29, 1.82) is 0 Å². The van der Waals surface area contributed by atoms with E-state index in [1.165, 1.54) is 18.2 Å². The number of alkyl halides is 3. The van der Waals surface area contributed by atoms with Crippen molar-refractivity contribution in [2.45, 2.75) is 12.3 Å². The summed E-state index contributed by atoms with van der Waals surface area (Å²) in [5.74, 6) is -0.219. The number of hydrogen-bond acceptors (Lipinski definition) is 4. The van der Waals surface area contributed by atoms with Crippen LogP contribution in [0.5, 0.6) is 0 Å². The number of morpholine rings is 1. The van der Waals surface area contributed by atoms with Gasteiger partial charge in [0.25, 0.3) is 5.91 Å². The van der Waals surface area contributed by atoms with E-state index < -0.39 is 11.2 Å². The van der Waals surface area contributed by atoms with Crippen LogP contribution in [0.4, 0.5) is 13.2 Å². The largest absolute Gasteiger partial charge is 0.443 e. The lowest BCUT2D eigenvalue weighted by Gasteiger charge is -2.33. The lowest BCUT2D eigenvalue weighted by molar-refractivity contribution is -0.137. The average Bonchev–Trinajstić information content (AvgIpc) is 3.12. The Morgan fingerprint density at radius 2 is 1.96 bits per heavy atom. The van der Waals surface area contributed by atoms with Gasteiger partial charge in [-0.1, -0.05) is 30.3 Å². The Kier molecular flexibility index (Phi) is 4.61. The summed E-state index contributed by atoms with van der Waals surface area (Å²) < 4.78 is 44.6. The van der Waals surface area contributed by atoms with Gasteiger partial charge in [0.05, 0.1) is 23.4 Å². The summed E-state index contributed by atoms with van der Waals surface area (Å²) in [4.78, 5) is 18.1. The normalized spacial score (nSPS) is 18.0. The van der Waals surface area contributed by atoms with Gasteiger partial charge in [-0.15, -0.1) is 11.3 Å². The first-order valence-electron chi connectivity index (χ1n) is 8.35. The van der Waals surface area contributed by atoms with E-state index in [0.29, 0.717) is 41.3 Å². The number of carbonyl (C=O) groups excluding carboxylic acids is 1. The second-order valence-electron chi connectivity index (χ2n) is 6.22. The molecule has 0 spiro atoms. The number of benzene rings is 2. The van der Waals surface area contributed by atoms with E-state index in [4.69, 9.17) is 4.74 Å². The highest BCUT2D eigenvalue weighted by molar-refractivity contribution is 7.18. The highest BCUT2D eigenvalue weighted by atomic mass is 32.1. The molecule has 2 aromatic carbocycles. The van der Waals surface area contributed by atoms with Crippen LogP contribution in [0.1, 0.15) is 27.0 Å². The fourth-order valence-electron chi connectivity index (χ4n) is 3.06. The van der Waals surface area contributed by atoms with Gasteiger partial charge >= 0.3 is 6.18 Å². The lowest BCUT2D eigenvalue weighted by Crippen LogP contribution is -2.42. The molecule has 1 fully saturated rings. The first kappa shape index (κ1) is 17.9. The summed E-state index contributed by atoms with van der Waals surface area (Å²) in [6, 6.07) is 14.1. The van der Waals surface area contributed by atoms with E-state index >= 15 is 0 Å². The van der Waals surface area contributed by atoms with Gasteiger partial charge in [0, 0.05) is 12.1 Å². The van der Waals surface area contributed by atoms with Crippen LogP contribution in [-0.2, 0) is 10.9 Å². The van der Waals surface area contributed by atoms with Crippen LogP contribution >= 0.6 is 11.3 Å². The quantitative estimate of drug-likeness (QED) is 0.644. The maximum Gasteiger partial charge on any atom is 0.443 e. The summed E-state index contributed by atoms with van der Waals surface area (Å²) in [6.45, 7) is 1.25. The Labute approximate surface area is 157 Å². The van der Waals surface area contributed by atoms with Gasteiger partial charge in [-0.3, -0.25) is 4.79 Å². The van der Waals surface area contributed by atoms with Crippen LogP contribution in [0.15, 0.2) is 48.5 Å². The fraction of sp³-hybridized carbons (Fsp3) is 0.263. The molecule has 0 aliphatic carbocycles. The van der Waals surface area contributed by atoms with Crippen molar-refractivity contribution in [1.82, 2.24) is 9.88 Å². The predicted octanol–water partition coefficient (Wildman–Crippen LogP) is 4.53. The minimum atomic E-state index is -4.49.